The van der Waals surface area contributed by atoms with Gasteiger partial charge in [0.05, 0.1) is 22.1 Å². The summed E-state index contributed by atoms with van der Waals surface area (Å²) in [5.74, 6) is -0.479. The summed E-state index contributed by atoms with van der Waals surface area (Å²) >= 11 is 0. The van der Waals surface area contributed by atoms with Crippen molar-refractivity contribution in [1.29, 1.82) is 0 Å². The normalized spacial score (nSPS) is 12.1. The molecule has 1 rings (SSSR count). The van der Waals surface area contributed by atoms with E-state index < -0.39 is 15.9 Å². The zero-order chi connectivity index (χ0) is 13.9. The van der Waals surface area contributed by atoms with E-state index in [2.05, 4.69) is 35.3 Å². The van der Waals surface area contributed by atoms with Crippen LogP contribution in [0.2, 0.25) is 0 Å². The molecule has 1 aliphatic rings. The Labute approximate surface area is 101 Å². The predicted octanol–water partition coefficient (Wildman–Crippen LogP) is 0.628. The molecule has 96 valence electrons. The Hall–Kier alpha value is -1.67. The van der Waals surface area contributed by atoms with Crippen molar-refractivity contribution in [3.63, 3.8) is 0 Å². The summed E-state index contributed by atoms with van der Waals surface area (Å²) in [6, 6.07) is 0. The predicted molar refractivity (Wildman–Crippen MR) is 66.5 cm³/mol. The molecule has 0 atom stereocenters. The first-order valence-corrected chi connectivity index (χ1v) is 5.92. The highest BCUT2D eigenvalue weighted by atomic mass is 32.2. The van der Waals surface area contributed by atoms with Crippen LogP contribution in [-0.4, -0.2) is 50.3 Å². The Bertz CT molecular complexity index is 406. The van der Waals surface area contributed by atoms with Crippen LogP contribution in [0.1, 0.15) is 0 Å². The van der Waals surface area contributed by atoms with Gasteiger partial charge in [0.25, 0.3) is 0 Å². The van der Waals surface area contributed by atoms with Gasteiger partial charge in [0.1, 0.15) is 26.5 Å². The number of allylic oxidation sites excluding steroid dienone is 1. The van der Waals surface area contributed by atoms with Crippen molar-refractivity contribution in [1.82, 2.24) is 0 Å². The highest BCUT2D eigenvalue weighted by Crippen LogP contribution is 1.95. The quantitative estimate of drug-likeness (QED) is 0.315. The van der Waals surface area contributed by atoms with Gasteiger partial charge in [-0.05, 0) is 5.22 Å². The first kappa shape index (κ1) is 17.7. The van der Waals surface area contributed by atoms with Gasteiger partial charge in [-0.15, -0.1) is 16.8 Å². The molecule has 1 heterocycles. The molecule has 0 saturated carbocycles. The fourth-order valence-electron chi connectivity index (χ4n) is 0.346. The molecule has 17 heavy (non-hydrogen) atoms. The summed E-state index contributed by atoms with van der Waals surface area (Å²) in [4.78, 5) is 0. The molecule has 0 amide bonds. The number of rotatable bonds is 2. The molecule has 0 fully saturated rings. The van der Waals surface area contributed by atoms with Crippen LogP contribution in [0.4, 0.5) is 0 Å². The largest absolute Gasteiger partial charge is 0.748 e. The van der Waals surface area contributed by atoms with Gasteiger partial charge in [-0.2, -0.15) is 0 Å². The molecule has 0 saturated heterocycles. The second kappa shape index (κ2) is 9.55. The van der Waals surface area contributed by atoms with E-state index >= 15 is 0 Å². The molecular formula is C9H16N4O3S. The van der Waals surface area contributed by atoms with Crippen LogP contribution >= 0.6 is 0 Å². The van der Waals surface area contributed by atoms with Crippen LogP contribution in [-0.2, 0) is 10.1 Å². The van der Waals surface area contributed by atoms with Crippen LogP contribution in [0.5, 0.6) is 0 Å². The summed E-state index contributed by atoms with van der Waals surface area (Å²) in [7, 11) is -0.264. The van der Waals surface area contributed by atoms with E-state index in [0.717, 1.165) is 6.08 Å². The maximum atomic E-state index is 9.60. The van der Waals surface area contributed by atoms with Crippen molar-refractivity contribution >= 4 is 23.1 Å². The Balaban J connectivity index is 0. The van der Waals surface area contributed by atoms with Gasteiger partial charge in [-0.1, -0.05) is 12.7 Å². The minimum atomic E-state index is -4.04. The standard InChI is InChI=1S/C3H3N3.C3H8N.C3H6O3S/c1-3-2-4-6-5-3;1-4(2)3;1-2-3-7(4,5)6/h2H,1H2;1H2,2-3H3;2H,1,3H2,(H,4,5,6)/q;+1;/p-1. The first-order valence-electron chi connectivity index (χ1n) is 4.34. The van der Waals surface area contributed by atoms with Gasteiger partial charge in [0.2, 0.25) is 0 Å². The van der Waals surface area contributed by atoms with Crippen molar-refractivity contribution < 1.29 is 17.5 Å². The molecule has 0 N–H and O–H groups in total. The summed E-state index contributed by atoms with van der Waals surface area (Å²) in [5, 5.41) is 10.1. The zero-order valence-corrected chi connectivity index (χ0v) is 10.7. The molecule has 0 aromatic rings. The van der Waals surface area contributed by atoms with Gasteiger partial charge in [0, 0.05) is 0 Å². The van der Waals surface area contributed by atoms with Gasteiger partial charge in [0.15, 0.2) is 0 Å². The van der Waals surface area contributed by atoms with E-state index in [0.29, 0.717) is 5.70 Å². The average molecular weight is 260 g/mol. The molecule has 7 nitrogen and oxygen atoms in total. The smallest absolute Gasteiger partial charge is 0.131 e. The van der Waals surface area contributed by atoms with Crippen LogP contribution in [0, 0.1) is 0 Å². The molecule has 8 heteroatoms. The Kier molecular flexibility index (Phi) is 9.95. The van der Waals surface area contributed by atoms with Crippen LogP contribution in [0.25, 0.3) is 0 Å². The van der Waals surface area contributed by atoms with Gasteiger partial charge in [-0.25, -0.2) is 13.0 Å². The van der Waals surface area contributed by atoms with Crippen molar-refractivity contribution in [3.05, 3.63) is 24.9 Å². The minimum absolute atomic E-state index is 0.479. The van der Waals surface area contributed by atoms with E-state index in [1.807, 2.05) is 14.1 Å². The topological polar surface area (TPSA) is 97.3 Å². The lowest BCUT2D eigenvalue weighted by Gasteiger charge is -1.98. The molecule has 0 unspecified atom stereocenters. The molecule has 0 aromatic carbocycles. The number of nitrogens with zero attached hydrogens (tertiary/aromatic N) is 4. The Morgan fingerprint density at radius 1 is 1.53 bits per heavy atom. The molecule has 0 aliphatic carbocycles. The van der Waals surface area contributed by atoms with Gasteiger partial charge in [-0.3, -0.25) is 0 Å². The molecule has 0 spiro atoms. The van der Waals surface area contributed by atoms with Crippen molar-refractivity contribution in [3.8, 4) is 0 Å². The Morgan fingerprint density at radius 3 is 2.06 bits per heavy atom. The molecule has 0 radical (unpaired) electrons. The SMILES string of the molecule is C=C1C=NN=N1.C=CCS(=O)(=O)[O-].C=[N+](C)C. The van der Waals surface area contributed by atoms with Crippen molar-refractivity contribution in [2.45, 2.75) is 0 Å². The highest BCUT2D eigenvalue weighted by molar-refractivity contribution is 7.85. The fraction of sp³-hybridized carbons (Fsp3) is 0.333. The highest BCUT2D eigenvalue weighted by Gasteiger charge is 1.86. The van der Waals surface area contributed by atoms with Crippen LogP contribution in [0.15, 0.2) is 40.4 Å². The molecule has 0 aromatic heterocycles. The lowest BCUT2D eigenvalue weighted by molar-refractivity contribution is -0.454. The Morgan fingerprint density at radius 2 is 2.00 bits per heavy atom. The third kappa shape index (κ3) is 25.0. The maximum Gasteiger partial charge on any atom is 0.131 e. The first-order chi connectivity index (χ1) is 7.69. The number of hydrogen-bond acceptors (Lipinski definition) is 6. The summed E-state index contributed by atoms with van der Waals surface area (Å²) in [6.07, 6.45) is 2.56. The molecular weight excluding hydrogens is 244 g/mol. The lowest BCUT2D eigenvalue weighted by atomic mass is 10.6. The average Bonchev–Trinajstić information content (AvgIpc) is 2.53. The van der Waals surface area contributed by atoms with Crippen LogP contribution in [0.3, 0.4) is 0 Å². The maximum absolute atomic E-state index is 9.60. The van der Waals surface area contributed by atoms with E-state index in [1.165, 1.54) is 6.21 Å². The summed E-state index contributed by atoms with van der Waals surface area (Å²) in [6.45, 7) is 9.98. The van der Waals surface area contributed by atoms with Gasteiger partial charge < -0.3 is 4.55 Å². The molecule has 0 bridgehead atoms. The van der Waals surface area contributed by atoms with E-state index in [4.69, 9.17) is 0 Å². The van der Waals surface area contributed by atoms with Crippen molar-refractivity contribution in [2.75, 3.05) is 19.8 Å². The van der Waals surface area contributed by atoms with E-state index in [1.54, 1.807) is 4.58 Å². The van der Waals surface area contributed by atoms with E-state index in [9.17, 15) is 13.0 Å². The zero-order valence-electron chi connectivity index (χ0n) is 9.90. The summed E-state index contributed by atoms with van der Waals surface area (Å²) in [5.41, 5.74) is 0.620. The van der Waals surface area contributed by atoms with Crippen LogP contribution < -0.4 is 0 Å². The number of hydrogen-bond donors (Lipinski definition) is 0. The third-order valence-electron chi connectivity index (χ3n) is 0.754. The third-order valence-corrected chi connectivity index (χ3v) is 1.40. The minimum Gasteiger partial charge on any atom is -0.748 e. The second-order valence-corrected chi connectivity index (χ2v) is 4.47. The fourth-order valence-corrected chi connectivity index (χ4v) is 0.635. The molecule has 1 aliphatic heterocycles. The van der Waals surface area contributed by atoms with Gasteiger partial charge >= 0.3 is 0 Å². The summed E-state index contributed by atoms with van der Waals surface area (Å²) < 4.78 is 30.6. The monoisotopic (exact) mass is 260 g/mol. The van der Waals surface area contributed by atoms with E-state index in [-0.39, 0.29) is 0 Å². The van der Waals surface area contributed by atoms with Crippen molar-refractivity contribution in [2.24, 2.45) is 15.4 Å². The lowest BCUT2D eigenvalue weighted by Crippen LogP contribution is -1.99. The second-order valence-electron chi connectivity index (χ2n) is 3.02.